The monoisotopic (exact) mass is 314 g/mol. The number of nitrogens with one attached hydrogen (secondary N) is 2. The normalized spacial score (nSPS) is 10.3. The van der Waals surface area contributed by atoms with Gasteiger partial charge in [0.25, 0.3) is 0 Å². The molecule has 0 aliphatic heterocycles. The standard InChI is InChI=1S/C21H23BN2/c1-16-14-17(2)21(18(3)15-16)22(23-19-10-6-4-7-11-19)24-20-12-8-5-9-13-20/h4-15,23-24H,1-3H3. The van der Waals surface area contributed by atoms with Gasteiger partial charge in [-0.15, -0.1) is 0 Å². The topological polar surface area (TPSA) is 24.1 Å². The molecule has 0 spiro atoms. The summed E-state index contributed by atoms with van der Waals surface area (Å²) in [4.78, 5) is 0. The lowest BCUT2D eigenvalue weighted by Gasteiger charge is -2.22. The van der Waals surface area contributed by atoms with Crippen LogP contribution in [0.2, 0.25) is 0 Å². The van der Waals surface area contributed by atoms with Crippen molar-refractivity contribution in [3.8, 4) is 0 Å². The Balaban J connectivity index is 1.98. The number of benzene rings is 3. The number of anilines is 2. The number of rotatable bonds is 5. The summed E-state index contributed by atoms with van der Waals surface area (Å²) in [6.45, 7) is 6.52. The molecule has 0 unspecified atom stereocenters. The first kappa shape index (κ1) is 16.2. The lowest BCUT2D eigenvalue weighted by molar-refractivity contribution is 1.35. The van der Waals surface area contributed by atoms with Crippen molar-refractivity contribution in [1.29, 1.82) is 0 Å². The van der Waals surface area contributed by atoms with Gasteiger partial charge in [0.15, 0.2) is 0 Å². The van der Waals surface area contributed by atoms with Gasteiger partial charge in [0.2, 0.25) is 0 Å². The van der Waals surface area contributed by atoms with E-state index in [1.165, 1.54) is 22.2 Å². The molecule has 2 nitrogen and oxygen atoms in total. The second-order valence-corrected chi connectivity index (χ2v) is 6.27. The lowest BCUT2D eigenvalue weighted by Crippen LogP contribution is -2.48. The van der Waals surface area contributed by atoms with Crippen molar-refractivity contribution < 1.29 is 0 Å². The predicted octanol–water partition coefficient (Wildman–Crippen LogP) is 4.53. The Kier molecular flexibility index (Phi) is 4.90. The van der Waals surface area contributed by atoms with E-state index in [1.807, 2.05) is 12.1 Å². The van der Waals surface area contributed by atoms with Crippen LogP contribution >= 0.6 is 0 Å². The third-order valence-electron chi connectivity index (χ3n) is 4.20. The summed E-state index contributed by atoms with van der Waals surface area (Å²) in [5.41, 5.74) is 7.39. The molecule has 0 aliphatic carbocycles. The van der Waals surface area contributed by atoms with E-state index >= 15 is 0 Å². The molecule has 3 aromatic carbocycles. The molecule has 0 aliphatic rings. The minimum atomic E-state index is 0.00963. The zero-order valence-corrected chi connectivity index (χ0v) is 14.5. The van der Waals surface area contributed by atoms with E-state index < -0.39 is 0 Å². The van der Waals surface area contributed by atoms with Crippen LogP contribution < -0.4 is 15.9 Å². The molecule has 2 N–H and O–H groups in total. The van der Waals surface area contributed by atoms with Crippen molar-refractivity contribution in [3.05, 3.63) is 89.5 Å². The fourth-order valence-electron chi connectivity index (χ4n) is 3.23. The maximum Gasteiger partial charge on any atom is 0.406 e. The van der Waals surface area contributed by atoms with Crippen LogP contribution in [0.4, 0.5) is 11.4 Å². The Morgan fingerprint density at radius 3 is 1.46 bits per heavy atom. The molecule has 120 valence electrons. The maximum absolute atomic E-state index is 3.63. The molecule has 0 aromatic heterocycles. The molecule has 3 aromatic rings. The highest BCUT2D eigenvalue weighted by molar-refractivity contribution is 6.79. The van der Waals surface area contributed by atoms with Crippen LogP contribution in [0.25, 0.3) is 0 Å². The molecule has 0 amide bonds. The SMILES string of the molecule is Cc1cc(C)c(B(Nc2ccccc2)Nc2ccccc2)c(C)c1. The van der Waals surface area contributed by atoms with E-state index in [0.717, 1.165) is 11.4 Å². The van der Waals surface area contributed by atoms with E-state index in [-0.39, 0.29) is 6.98 Å². The van der Waals surface area contributed by atoms with Crippen molar-refractivity contribution in [2.45, 2.75) is 20.8 Å². The molecular weight excluding hydrogens is 291 g/mol. The summed E-state index contributed by atoms with van der Waals surface area (Å²) in [6, 6.07) is 25.2. The highest BCUT2D eigenvalue weighted by Crippen LogP contribution is 2.13. The molecule has 0 radical (unpaired) electrons. The minimum absolute atomic E-state index is 0.00963. The van der Waals surface area contributed by atoms with Crippen molar-refractivity contribution in [2.75, 3.05) is 10.5 Å². The molecule has 0 atom stereocenters. The molecule has 24 heavy (non-hydrogen) atoms. The third kappa shape index (κ3) is 3.80. The van der Waals surface area contributed by atoms with Crippen LogP contribution in [0.3, 0.4) is 0 Å². The summed E-state index contributed by atoms with van der Waals surface area (Å²) in [5, 5.41) is 7.27. The molecule has 0 bridgehead atoms. The third-order valence-corrected chi connectivity index (χ3v) is 4.20. The van der Waals surface area contributed by atoms with Gasteiger partial charge in [0.1, 0.15) is 0 Å². The number of aryl methyl sites for hydroxylation is 3. The van der Waals surface area contributed by atoms with E-state index in [1.54, 1.807) is 0 Å². The van der Waals surface area contributed by atoms with Crippen molar-refractivity contribution in [3.63, 3.8) is 0 Å². The maximum atomic E-state index is 3.63. The fourth-order valence-corrected chi connectivity index (χ4v) is 3.23. The van der Waals surface area contributed by atoms with Crippen LogP contribution in [0.15, 0.2) is 72.8 Å². The summed E-state index contributed by atoms with van der Waals surface area (Å²) in [5.74, 6) is 0. The molecule has 3 heteroatoms. The second-order valence-electron chi connectivity index (χ2n) is 6.27. The Morgan fingerprint density at radius 1 is 0.625 bits per heavy atom. The molecule has 3 rings (SSSR count). The summed E-state index contributed by atoms with van der Waals surface area (Å²) in [7, 11) is 0. The first-order valence-corrected chi connectivity index (χ1v) is 8.34. The van der Waals surface area contributed by atoms with Gasteiger partial charge < -0.3 is 10.5 Å². The first-order valence-electron chi connectivity index (χ1n) is 8.34. The van der Waals surface area contributed by atoms with E-state index in [0.29, 0.717) is 0 Å². The van der Waals surface area contributed by atoms with Gasteiger partial charge in [-0.25, -0.2) is 0 Å². The second kappa shape index (κ2) is 7.26. The smallest absolute Gasteiger partial charge is 0.405 e. The van der Waals surface area contributed by atoms with Crippen LogP contribution in [0.5, 0.6) is 0 Å². The van der Waals surface area contributed by atoms with Crippen molar-refractivity contribution in [2.24, 2.45) is 0 Å². The first-order chi connectivity index (χ1) is 11.6. The molecule has 0 saturated heterocycles. The Morgan fingerprint density at radius 2 is 1.04 bits per heavy atom. The highest BCUT2D eigenvalue weighted by atomic mass is 15.0. The van der Waals surface area contributed by atoms with Gasteiger partial charge in [0.05, 0.1) is 0 Å². The quantitative estimate of drug-likeness (QED) is 0.676. The van der Waals surface area contributed by atoms with Crippen LogP contribution in [-0.2, 0) is 0 Å². The van der Waals surface area contributed by atoms with Gasteiger partial charge in [0, 0.05) is 11.4 Å². The summed E-state index contributed by atoms with van der Waals surface area (Å²) in [6.07, 6.45) is 0. The highest BCUT2D eigenvalue weighted by Gasteiger charge is 2.23. The van der Waals surface area contributed by atoms with Crippen molar-refractivity contribution >= 4 is 23.8 Å². The number of hydrogen-bond acceptors (Lipinski definition) is 2. The summed E-state index contributed by atoms with van der Waals surface area (Å²) >= 11 is 0. The lowest BCUT2D eigenvalue weighted by atomic mass is 9.63. The largest absolute Gasteiger partial charge is 0.406 e. The van der Waals surface area contributed by atoms with Gasteiger partial charge in [-0.1, -0.05) is 65.2 Å². The summed E-state index contributed by atoms with van der Waals surface area (Å²) < 4.78 is 0. The van der Waals surface area contributed by atoms with E-state index in [9.17, 15) is 0 Å². The number of para-hydroxylation sites is 2. The average molecular weight is 314 g/mol. The van der Waals surface area contributed by atoms with Gasteiger partial charge in [-0.3, -0.25) is 0 Å². The minimum Gasteiger partial charge on any atom is -0.405 e. The molecule has 0 fully saturated rings. The van der Waals surface area contributed by atoms with Gasteiger partial charge >= 0.3 is 6.98 Å². The number of hydrogen-bond donors (Lipinski definition) is 2. The molecule has 0 saturated carbocycles. The Labute approximate surface area is 145 Å². The average Bonchev–Trinajstić information content (AvgIpc) is 2.55. The van der Waals surface area contributed by atoms with Crippen LogP contribution in [0, 0.1) is 20.8 Å². The Hall–Kier alpha value is -2.68. The van der Waals surface area contributed by atoms with E-state index in [4.69, 9.17) is 0 Å². The predicted molar refractivity (Wildman–Crippen MR) is 106 cm³/mol. The van der Waals surface area contributed by atoms with Gasteiger partial charge in [-0.05, 0) is 50.5 Å². The molecular formula is C21H23BN2. The van der Waals surface area contributed by atoms with Gasteiger partial charge in [-0.2, -0.15) is 0 Å². The van der Waals surface area contributed by atoms with Crippen LogP contribution in [0.1, 0.15) is 16.7 Å². The van der Waals surface area contributed by atoms with Crippen LogP contribution in [-0.4, -0.2) is 6.98 Å². The van der Waals surface area contributed by atoms with E-state index in [2.05, 4.69) is 91.9 Å². The zero-order valence-electron chi connectivity index (χ0n) is 14.5. The molecule has 0 heterocycles. The van der Waals surface area contributed by atoms with Crippen molar-refractivity contribution in [1.82, 2.24) is 0 Å². The fraction of sp³-hybridized carbons (Fsp3) is 0.143. The Bertz CT molecular complexity index is 736. The zero-order chi connectivity index (χ0) is 16.9.